The number of ether oxygens (including phenoxy) is 1. The third kappa shape index (κ3) is 2.18. The second-order valence-corrected chi connectivity index (χ2v) is 5.68. The standard InChI is InChI=1S/C12H20N2O2.ClH/c1-8-11(15)14(2)7-12(16-8)5-9-3-4-10(6-12)13-9;/h8-10,13H,3-7H2,1-2H3;1H. The van der Waals surface area contributed by atoms with E-state index in [-0.39, 0.29) is 30.0 Å². The minimum atomic E-state index is -0.267. The zero-order chi connectivity index (χ0) is 11.3. The Morgan fingerprint density at radius 1 is 1.35 bits per heavy atom. The van der Waals surface area contributed by atoms with Crippen molar-refractivity contribution in [1.29, 1.82) is 0 Å². The van der Waals surface area contributed by atoms with Crippen molar-refractivity contribution < 1.29 is 9.53 Å². The topological polar surface area (TPSA) is 41.6 Å². The number of morpholine rings is 1. The highest BCUT2D eigenvalue weighted by atomic mass is 35.5. The second kappa shape index (κ2) is 4.41. The molecule has 98 valence electrons. The SMILES string of the molecule is CC1OC2(CC3CCC(C2)N3)CN(C)C1=O.Cl. The number of hydrogen-bond acceptors (Lipinski definition) is 3. The van der Waals surface area contributed by atoms with Gasteiger partial charge in [-0.05, 0) is 32.6 Å². The van der Waals surface area contributed by atoms with E-state index in [0.29, 0.717) is 12.1 Å². The summed E-state index contributed by atoms with van der Waals surface area (Å²) in [6, 6.07) is 1.21. The molecule has 3 fully saturated rings. The lowest BCUT2D eigenvalue weighted by atomic mass is 9.85. The van der Waals surface area contributed by atoms with Gasteiger partial charge in [0.05, 0.1) is 5.60 Å². The molecule has 0 aliphatic carbocycles. The Morgan fingerprint density at radius 3 is 2.47 bits per heavy atom. The van der Waals surface area contributed by atoms with Crippen molar-refractivity contribution in [2.24, 2.45) is 0 Å². The fourth-order valence-corrected chi connectivity index (χ4v) is 3.71. The molecule has 3 heterocycles. The number of nitrogens with zero attached hydrogens (tertiary/aromatic N) is 1. The van der Waals surface area contributed by atoms with E-state index in [1.807, 2.05) is 18.9 Å². The van der Waals surface area contributed by atoms with Gasteiger partial charge in [0, 0.05) is 25.7 Å². The molecule has 0 radical (unpaired) electrons. The zero-order valence-corrected chi connectivity index (χ0v) is 11.3. The predicted octanol–water partition coefficient (Wildman–Crippen LogP) is 0.938. The number of halogens is 1. The molecule has 0 aromatic heterocycles. The van der Waals surface area contributed by atoms with Crippen molar-refractivity contribution >= 4 is 18.3 Å². The van der Waals surface area contributed by atoms with Gasteiger partial charge in [-0.15, -0.1) is 12.4 Å². The monoisotopic (exact) mass is 260 g/mol. The maximum absolute atomic E-state index is 11.7. The highest BCUT2D eigenvalue weighted by Gasteiger charge is 2.49. The van der Waals surface area contributed by atoms with Gasteiger partial charge in [-0.2, -0.15) is 0 Å². The number of likely N-dealkylation sites (N-methyl/N-ethyl adjacent to an activating group) is 1. The van der Waals surface area contributed by atoms with Crippen molar-refractivity contribution in [3.05, 3.63) is 0 Å². The minimum Gasteiger partial charge on any atom is -0.360 e. The molecule has 5 heteroatoms. The van der Waals surface area contributed by atoms with Crippen LogP contribution in [0.15, 0.2) is 0 Å². The minimum absolute atomic E-state index is 0. The number of amides is 1. The first-order valence-electron chi connectivity index (χ1n) is 6.27. The van der Waals surface area contributed by atoms with Crippen LogP contribution in [0, 0.1) is 0 Å². The van der Waals surface area contributed by atoms with E-state index >= 15 is 0 Å². The molecule has 3 aliphatic rings. The van der Waals surface area contributed by atoms with Crippen LogP contribution in [0.3, 0.4) is 0 Å². The van der Waals surface area contributed by atoms with E-state index < -0.39 is 0 Å². The van der Waals surface area contributed by atoms with Gasteiger partial charge in [-0.25, -0.2) is 0 Å². The molecule has 1 amide bonds. The summed E-state index contributed by atoms with van der Waals surface area (Å²) >= 11 is 0. The van der Waals surface area contributed by atoms with E-state index in [4.69, 9.17) is 4.74 Å². The van der Waals surface area contributed by atoms with Crippen LogP contribution in [0.25, 0.3) is 0 Å². The summed E-state index contributed by atoms with van der Waals surface area (Å²) < 4.78 is 6.05. The molecule has 3 aliphatic heterocycles. The lowest BCUT2D eigenvalue weighted by molar-refractivity contribution is -0.185. The third-order valence-corrected chi connectivity index (χ3v) is 4.25. The first-order valence-corrected chi connectivity index (χ1v) is 6.27. The summed E-state index contributed by atoms with van der Waals surface area (Å²) in [5.41, 5.74) is -0.0703. The van der Waals surface area contributed by atoms with E-state index in [1.165, 1.54) is 12.8 Å². The number of nitrogens with one attached hydrogen (secondary N) is 1. The summed E-state index contributed by atoms with van der Waals surface area (Å²) in [6.45, 7) is 2.65. The Bertz CT molecular complexity index is 296. The number of carbonyl (C=O) groups is 1. The van der Waals surface area contributed by atoms with Gasteiger partial charge in [0.15, 0.2) is 0 Å². The van der Waals surface area contributed by atoms with Crippen LogP contribution < -0.4 is 5.32 Å². The van der Waals surface area contributed by atoms with E-state index in [9.17, 15) is 4.79 Å². The van der Waals surface area contributed by atoms with E-state index in [0.717, 1.165) is 19.4 Å². The zero-order valence-electron chi connectivity index (χ0n) is 10.4. The summed E-state index contributed by atoms with van der Waals surface area (Å²) in [5, 5.41) is 3.62. The Hall–Kier alpha value is -0.320. The average molecular weight is 261 g/mol. The molecule has 3 rings (SSSR count). The fourth-order valence-electron chi connectivity index (χ4n) is 3.71. The number of fused-ring (bicyclic) bond motifs is 2. The predicted molar refractivity (Wildman–Crippen MR) is 67.3 cm³/mol. The Balaban J connectivity index is 0.00000108. The molecule has 3 saturated heterocycles. The molecule has 17 heavy (non-hydrogen) atoms. The maximum Gasteiger partial charge on any atom is 0.251 e. The Morgan fingerprint density at radius 2 is 1.94 bits per heavy atom. The highest BCUT2D eigenvalue weighted by Crippen LogP contribution is 2.39. The van der Waals surface area contributed by atoms with Crippen molar-refractivity contribution in [1.82, 2.24) is 10.2 Å². The van der Waals surface area contributed by atoms with Crippen LogP contribution in [-0.4, -0.2) is 48.2 Å². The number of rotatable bonds is 0. The molecule has 3 atom stereocenters. The van der Waals surface area contributed by atoms with Gasteiger partial charge < -0.3 is 15.0 Å². The van der Waals surface area contributed by atoms with Crippen molar-refractivity contribution in [2.75, 3.05) is 13.6 Å². The summed E-state index contributed by atoms with van der Waals surface area (Å²) in [5.74, 6) is 0.122. The molecular weight excluding hydrogens is 240 g/mol. The van der Waals surface area contributed by atoms with Crippen molar-refractivity contribution in [3.8, 4) is 0 Å². The first kappa shape index (κ1) is 13.1. The lowest BCUT2D eigenvalue weighted by Gasteiger charge is -2.48. The van der Waals surface area contributed by atoms with Gasteiger partial charge >= 0.3 is 0 Å². The van der Waals surface area contributed by atoms with Gasteiger partial charge in [0.2, 0.25) is 0 Å². The summed E-state index contributed by atoms with van der Waals surface area (Å²) in [7, 11) is 1.90. The Kier molecular flexibility index (Phi) is 3.40. The van der Waals surface area contributed by atoms with Crippen LogP contribution in [0.4, 0.5) is 0 Å². The largest absolute Gasteiger partial charge is 0.360 e. The van der Waals surface area contributed by atoms with Crippen LogP contribution in [0.1, 0.15) is 32.6 Å². The number of piperidine rings is 1. The second-order valence-electron chi connectivity index (χ2n) is 5.68. The molecule has 3 unspecified atom stereocenters. The first-order chi connectivity index (χ1) is 7.58. The quantitative estimate of drug-likeness (QED) is 0.705. The molecule has 0 saturated carbocycles. The van der Waals surface area contributed by atoms with E-state index in [2.05, 4.69) is 5.32 Å². The van der Waals surface area contributed by atoms with Gasteiger partial charge in [-0.3, -0.25) is 4.79 Å². The van der Waals surface area contributed by atoms with Gasteiger partial charge in [0.25, 0.3) is 5.91 Å². The smallest absolute Gasteiger partial charge is 0.251 e. The molecule has 1 spiro atoms. The van der Waals surface area contributed by atoms with Crippen LogP contribution in [0.5, 0.6) is 0 Å². The van der Waals surface area contributed by atoms with Crippen LogP contribution in [0.2, 0.25) is 0 Å². The number of carbonyl (C=O) groups excluding carboxylic acids is 1. The molecule has 4 nitrogen and oxygen atoms in total. The van der Waals surface area contributed by atoms with Gasteiger partial charge in [-0.1, -0.05) is 0 Å². The van der Waals surface area contributed by atoms with Crippen LogP contribution >= 0.6 is 12.4 Å². The maximum atomic E-state index is 11.7. The summed E-state index contributed by atoms with van der Waals surface area (Å²) in [4.78, 5) is 13.6. The molecule has 0 aromatic rings. The summed E-state index contributed by atoms with van der Waals surface area (Å²) in [6.07, 6.45) is 4.39. The van der Waals surface area contributed by atoms with Crippen LogP contribution in [-0.2, 0) is 9.53 Å². The third-order valence-electron chi connectivity index (χ3n) is 4.25. The van der Waals surface area contributed by atoms with E-state index in [1.54, 1.807) is 0 Å². The highest BCUT2D eigenvalue weighted by molar-refractivity contribution is 5.85. The molecular formula is C12H21ClN2O2. The normalized spacial score (nSPS) is 44.9. The average Bonchev–Trinajstić information content (AvgIpc) is 2.55. The molecule has 2 bridgehead atoms. The molecule has 1 N–H and O–H groups in total. The Labute approximate surface area is 108 Å². The van der Waals surface area contributed by atoms with Gasteiger partial charge in [0.1, 0.15) is 6.10 Å². The van der Waals surface area contributed by atoms with Crippen molar-refractivity contribution in [3.63, 3.8) is 0 Å². The lowest BCUT2D eigenvalue weighted by Crippen LogP contribution is -2.62. The molecule has 0 aromatic carbocycles. The fraction of sp³-hybridized carbons (Fsp3) is 0.917. The number of hydrogen-bond donors (Lipinski definition) is 1. The van der Waals surface area contributed by atoms with Crippen molar-refractivity contribution in [2.45, 2.75) is 56.4 Å².